The van der Waals surface area contributed by atoms with Crippen LogP contribution in [0.1, 0.15) is 29.5 Å². The fraction of sp³-hybridized carbons (Fsp3) is 0.400. The maximum Gasteiger partial charge on any atom is 0.269 e. The predicted octanol–water partition coefficient (Wildman–Crippen LogP) is 3.11. The molecule has 1 atom stereocenters. The van der Waals surface area contributed by atoms with Gasteiger partial charge in [-0.15, -0.1) is 5.10 Å². The van der Waals surface area contributed by atoms with Crippen LogP contribution in [0.4, 0.5) is 5.69 Å². The third-order valence-electron chi connectivity index (χ3n) is 3.32. The molecule has 1 heterocycles. The fourth-order valence-electron chi connectivity index (χ4n) is 2.31. The molecular formula is C15H19N5O3Si. The van der Waals surface area contributed by atoms with Crippen LogP contribution in [0.15, 0.2) is 24.3 Å². The molecule has 0 fully saturated rings. The molecule has 24 heavy (non-hydrogen) atoms. The highest BCUT2D eigenvalue weighted by Gasteiger charge is 2.26. The molecule has 0 amide bonds. The Bertz CT molecular complexity index is 746. The van der Waals surface area contributed by atoms with E-state index in [1.165, 1.54) is 12.1 Å². The quantitative estimate of drug-likeness (QED) is 0.468. The minimum atomic E-state index is -1.85. The third-order valence-corrected chi connectivity index (χ3v) is 4.32. The molecule has 0 aliphatic carbocycles. The van der Waals surface area contributed by atoms with E-state index in [1.807, 2.05) is 6.07 Å². The van der Waals surface area contributed by atoms with Gasteiger partial charge in [-0.3, -0.25) is 10.1 Å². The van der Waals surface area contributed by atoms with Gasteiger partial charge >= 0.3 is 0 Å². The molecule has 0 aliphatic rings. The summed E-state index contributed by atoms with van der Waals surface area (Å²) in [6.45, 7) is 6.20. The Hall–Kier alpha value is -2.57. The zero-order valence-electron chi connectivity index (χ0n) is 13.8. The second-order valence-corrected chi connectivity index (χ2v) is 10.8. The van der Waals surface area contributed by atoms with E-state index in [4.69, 9.17) is 9.69 Å². The van der Waals surface area contributed by atoms with Gasteiger partial charge in [0.2, 0.25) is 0 Å². The number of nitro groups is 1. The van der Waals surface area contributed by atoms with Crippen molar-refractivity contribution in [1.29, 1.82) is 5.26 Å². The molecule has 1 N–H and O–H groups in total. The average Bonchev–Trinajstić information content (AvgIpc) is 2.99. The first kappa shape index (κ1) is 17.8. The van der Waals surface area contributed by atoms with Crippen LogP contribution in [0.25, 0.3) is 0 Å². The van der Waals surface area contributed by atoms with Crippen molar-refractivity contribution in [3.05, 3.63) is 51.3 Å². The molecule has 1 aromatic heterocycles. The van der Waals surface area contributed by atoms with E-state index >= 15 is 0 Å². The summed E-state index contributed by atoms with van der Waals surface area (Å²) in [7, 11) is -1.85. The van der Waals surface area contributed by atoms with Gasteiger partial charge in [-0.2, -0.15) is 15.6 Å². The summed E-state index contributed by atoms with van der Waals surface area (Å²) in [5.74, 6) is 0. The molecule has 9 heteroatoms. The number of aromatic nitrogens is 3. The first-order valence-corrected chi connectivity index (χ1v) is 10.9. The van der Waals surface area contributed by atoms with Gasteiger partial charge in [0, 0.05) is 12.1 Å². The summed E-state index contributed by atoms with van der Waals surface area (Å²) in [6, 6.07) is 8.46. The Balaban J connectivity index is 2.14. The lowest BCUT2D eigenvalue weighted by Crippen LogP contribution is -2.28. The van der Waals surface area contributed by atoms with Gasteiger partial charge in [-0.1, -0.05) is 12.1 Å². The first-order valence-electron chi connectivity index (χ1n) is 7.52. The van der Waals surface area contributed by atoms with Crippen LogP contribution >= 0.6 is 0 Å². The molecule has 0 spiro atoms. The summed E-state index contributed by atoms with van der Waals surface area (Å²) >= 11 is 0. The highest BCUT2D eigenvalue weighted by Crippen LogP contribution is 2.27. The summed E-state index contributed by atoms with van der Waals surface area (Å²) in [5.41, 5.74) is 1.78. The summed E-state index contributed by atoms with van der Waals surface area (Å²) in [5, 5.41) is 30.2. The van der Waals surface area contributed by atoms with E-state index in [0.717, 1.165) is 5.56 Å². The number of nitrogens with zero attached hydrogens (tertiary/aromatic N) is 4. The maximum absolute atomic E-state index is 10.7. The molecule has 0 bridgehead atoms. The molecule has 8 nitrogen and oxygen atoms in total. The Morgan fingerprint density at radius 2 is 2.00 bits per heavy atom. The van der Waals surface area contributed by atoms with Crippen molar-refractivity contribution in [2.45, 2.75) is 38.6 Å². The lowest BCUT2D eigenvalue weighted by atomic mass is 10.0. The number of non-ortho nitro benzene ring substituents is 1. The van der Waals surface area contributed by atoms with E-state index in [0.29, 0.717) is 18.5 Å². The molecule has 126 valence electrons. The predicted molar refractivity (Wildman–Crippen MR) is 89.7 cm³/mol. The van der Waals surface area contributed by atoms with Crippen LogP contribution in [0, 0.1) is 21.4 Å². The normalized spacial score (nSPS) is 12.6. The summed E-state index contributed by atoms with van der Waals surface area (Å²) < 4.78 is 6.17. The van der Waals surface area contributed by atoms with Gasteiger partial charge in [0.15, 0.2) is 14.0 Å². The number of rotatable bonds is 7. The van der Waals surface area contributed by atoms with Gasteiger partial charge in [-0.05, 0) is 38.0 Å². The molecule has 1 unspecified atom stereocenters. The Morgan fingerprint density at radius 1 is 1.33 bits per heavy atom. The maximum atomic E-state index is 10.7. The van der Waals surface area contributed by atoms with Crippen molar-refractivity contribution in [3.63, 3.8) is 0 Å². The lowest BCUT2D eigenvalue weighted by Gasteiger charge is -2.25. The van der Waals surface area contributed by atoms with Crippen molar-refractivity contribution in [2.24, 2.45) is 0 Å². The monoisotopic (exact) mass is 345 g/mol. The third kappa shape index (κ3) is 4.71. The Morgan fingerprint density at radius 3 is 2.54 bits per heavy atom. The van der Waals surface area contributed by atoms with E-state index in [-0.39, 0.29) is 17.5 Å². The van der Waals surface area contributed by atoms with Crippen LogP contribution in [-0.4, -0.2) is 28.7 Å². The highest BCUT2D eigenvalue weighted by molar-refractivity contribution is 6.69. The van der Waals surface area contributed by atoms with Gasteiger partial charge in [0.25, 0.3) is 5.69 Å². The second kappa shape index (κ2) is 7.33. The topological polar surface area (TPSA) is 118 Å². The molecule has 0 saturated heterocycles. The lowest BCUT2D eigenvalue weighted by molar-refractivity contribution is -0.384. The van der Waals surface area contributed by atoms with E-state index in [2.05, 4.69) is 35.1 Å². The van der Waals surface area contributed by atoms with Crippen LogP contribution < -0.4 is 0 Å². The molecule has 2 aromatic rings. The number of aryl methyl sites for hydroxylation is 1. The average molecular weight is 345 g/mol. The minimum absolute atomic E-state index is 0.0666. The summed E-state index contributed by atoms with van der Waals surface area (Å²) in [6.07, 6.45) is 0.939. The van der Waals surface area contributed by atoms with Crippen molar-refractivity contribution in [1.82, 2.24) is 15.4 Å². The smallest absolute Gasteiger partial charge is 0.269 e. The van der Waals surface area contributed by atoms with Gasteiger partial charge in [-0.25, -0.2) is 0 Å². The number of nitro benzene ring substituents is 1. The molecule has 1 aromatic carbocycles. The van der Waals surface area contributed by atoms with Crippen LogP contribution in [-0.2, 0) is 10.8 Å². The van der Waals surface area contributed by atoms with Crippen molar-refractivity contribution < 1.29 is 9.35 Å². The minimum Gasteiger partial charge on any atom is -0.409 e. The number of nitrogens with one attached hydrogen (secondary N) is 1. The van der Waals surface area contributed by atoms with E-state index in [9.17, 15) is 10.1 Å². The number of aromatic amines is 1. The van der Waals surface area contributed by atoms with Gasteiger partial charge in [0.05, 0.1) is 11.0 Å². The molecule has 0 aliphatic heterocycles. The van der Waals surface area contributed by atoms with Crippen molar-refractivity contribution in [2.75, 3.05) is 0 Å². The highest BCUT2D eigenvalue weighted by atomic mass is 28.4. The second-order valence-electron chi connectivity index (χ2n) is 6.35. The fourth-order valence-corrected chi connectivity index (χ4v) is 3.39. The SMILES string of the molecule is C[Si](C)(C)OC(CCc1ccc([N+](=O)[O-])cc1)c1n[nH]nc1C#N. The number of nitriles is 1. The Labute approximate surface area is 140 Å². The van der Waals surface area contributed by atoms with Crippen LogP contribution in [0.2, 0.25) is 19.6 Å². The van der Waals surface area contributed by atoms with Crippen molar-refractivity contribution >= 4 is 14.0 Å². The summed E-state index contributed by atoms with van der Waals surface area (Å²) in [4.78, 5) is 10.3. The van der Waals surface area contributed by atoms with E-state index in [1.54, 1.807) is 12.1 Å². The standard InChI is InChI=1S/C15H19N5O3Si/c1-24(2,3)23-14(15-13(10-16)17-19-18-15)9-6-11-4-7-12(8-5-11)20(21)22/h4-5,7-8,14H,6,9H2,1-3H3,(H,17,18,19). The Kier molecular flexibility index (Phi) is 5.43. The van der Waals surface area contributed by atoms with Gasteiger partial charge in [0.1, 0.15) is 11.8 Å². The molecule has 2 rings (SSSR count). The first-order chi connectivity index (χ1) is 11.3. The van der Waals surface area contributed by atoms with Crippen molar-refractivity contribution in [3.8, 4) is 6.07 Å². The van der Waals surface area contributed by atoms with Gasteiger partial charge < -0.3 is 4.43 Å². The number of hydrogen-bond acceptors (Lipinski definition) is 6. The molecule has 0 radical (unpaired) electrons. The molecule has 0 saturated carbocycles. The largest absolute Gasteiger partial charge is 0.409 e. The number of H-pyrrole nitrogens is 1. The van der Waals surface area contributed by atoms with Crippen LogP contribution in [0.3, 0.4) is 0 Å². The number of hydrogen-bond donors (Lipinski definition) is 1. The van der Waals surface area contributed by atoms with Crippen LogP contribution in [0.5, 0.6) is 0 Å². The molecular weight excluding hydrogens is 326 g/mol. The zero-order chi connectivity index (χ0) is 17.7. The number of benzene rings is 1. The van der Waals surface area contributed by atoms with E-state index < -0.39 is 13.2 Å². The zero-order valence-corrected chi connectivity index (χ0v) is 14.8.